The highest BCUT2D eigenvalue weighted by molar-refractivity contribution is 5.86. The Labute approximate surface area is 125 Å². The number of amides is 2. The lowest BCUT2D eigenvalue weighted by Gasteiger charge is -2.41. The van der Waals surface area contributed by atoms with E-state index in [2.05, 4.69) is 5.32 Å². The van der Waals surface area contributed by atoms with E-state index in [1.165, 1.54) is 4.90 Å². The maximum Gasteiger partial charge on any atom is 0.329 e. The number of likely N-dealkylation sites (tertiary alicyclic amines) is 1. The number of carbonyl (C=O) groups is 2. The number of piperidine rings is 1. The van der Waals surface area contributed by atoms with Crippen molar-refractivity contribution in [3.8, 4) is 0 Å². The molecule has 122 valence electrons. The van der Waals surface area contributed by atoms with E-state index < -0.39 is 11.5 Å². The Hall–Kier alpha value is -1.34. The van der Waals surface area contributed by atoms with Gasteiger partial charge in [-0.3, -0.25) is 0 Å². The van der Waals surface area contributed by atoms with E-state index >= 15 is 0 Å². The molecule has 0 aromatic rings. The van der Waals surface area contributed by atoms with Crippen molar-refractivity contribution in [3.63, 3.8) is 0 Å². The van der Waals surface area contributed by atoms with Crippen molar-refractivity contribution in [3.05, 3.63) is 0 Å². The summed E-state index contributed by atoms with van der Waals surface area (Å²) in [5.41, 5.74) is -1.10. The average molecular weight is 302 g/mol. The fraction of sp³-hybridized carbons (Fsp3) is 0.857. The summed E-state index contributed by atoms with van der Waals surface area (Å²) >= 11 is 0. The van der Waals surface area contributed by atoms with Gasteiger partial charge in [-0.05, 0) is 32.6 Å². The van der Waals surface area contributed by atoms with E-state index in [9.17, 15) is 14.7 Å². The second-order valence-electron chi connectivity index (χ2n) is 5.38. The van der Waals surface area contributed by atoms with Gasteiger partial charge >= 0.3 is 12.0 Å². The number of nitrogens with zero attached hydrogens (tertiary/aromatic N) is 1. The van der Waals surface area contributed by atoms with Crippen LogP contribution in [0.2, 0.25) is 0 Å². The van der Waals surface area contributed by atoms with Gasteiger partial charge in [-0.1, -0.05) is 0 Å². The Kier molecular flexibility index (Phi) is 7.45. The van der Waals surface area contributed by atoms with E-state index in [0.717, 1.165) is 12.8 Å². The summed E-state index contributed by atoms with van der Waals surface area (Å²) in [4.78, 5) is 25.0. The molecule has 1 heterocycles. The molecule has 2 amide bonds. The van der Waals surface area contributed by atoms with Gasteiger partial charge in [0.15, 0.2) is 0 Å². The second-order valence-corrected chi connectivity index (χ2v) is 5.38. The van der Waals surface area contributed by atoms with Crippen LogP contribution in [-0.2, 0) is 14.3 Å². The van der Waals surface area contributed by atoms with Gasteiger partial charge in [-0.2, -0.15) is 0 Å². The Balaban J connectivity index is 2.31. The van der Waals surface area contributed by atoms with Gasteiger partial charge in [0, 0.05) is 26.8 Å². The number of urea groups is 1. The van der Waals surface area contributed by atoms with Crippen LogP contribution in [0.5, 0.6) is 0 Å². The standard InChI is InChI=1S/C14H26N2O5/c1-14(12(17)18)6-3-4-8-16(14)13(19)15-7-5-9-21-11-10-20-2/h3-11H2,1-2H3,(H,15,19)(H,17,18). The van der Waals surface area contributed by atoms with Crippen LogP contribution in [0.3, 0.4) is 0 Å². The van der Waals surface area contributed by atoms with Crippen LogP contribution < -0.4 is 5.32 Å². The van der Waals surface area contributed by atoms with Crippen LogP contribution >= 0.6 is 0 Å². The first-order valence-corrected chi connectivity index (χ1v) is 7.38. The third-order valence-electron chi connectivity index (χ3n) is 3.77. The molecule has 21 heavy (non-hydrogen) atoms. The first-order valence-electron chi connectivity index (χ1n) is 7.38. The van der Waals surface area contributed by atoms with Gasteiger partial charge in [0.2, 0.25) is 0 Å². The number of aliphatic carboxylic acids is 1. The largest absolute Gasteiger partial charge is 0.480 e. The molecule has 0 spiro atoms. The fourth-order valence-corrected chi connectivity index (χ4v) is 2.38. The van der Waals surface area contributed by atoms with E-state index in [1.807, 2.05) is 0 Å². The molecule has 1 unspecified atom stereocenters. The summed E-state index contributed by atoms with van der Waals surface area (Å²) < 4.78 is 10.2. The van der Waals surface area contributed by atoms with Crippen molar-refractivity contribution in [1.29, 1.82) is 0 Å². The molecule has 7 nitrogen and oxygen atoms in total. The molecule has 0 aromatic carbocycles. The summed E-state index contributed by atoms with van der Waals surface area (Å²) in [7, 11) is 1.61. The van der Waals surface area contributed by atoms with Crippen LogP contribution in [0.25, 0.3) is 0 Å². The lowest BCUT2D eigenvalue weighted by Crippen LogP contribution is -2.60. The van der Waals surface area contributed by atoms with Crippen molar-refractivity contribution in [2.24, 2.45) is 0 Å². The summed E-state index contributed by atoms with van der Waals surface area (Å²) in [5, 5.41) is 12.1. The van der Waals surface area contributed by atoms with Gasteiger partial charge < -0.3 is 24.8 Å². The summed E-state index contributed by atoms with van der Waals surface area (Å²) in [6.07, 6.45) is 2.86. The van der Waals surface area contributed by atoms with Crippen LogP contribution in [0.1, 0.15) is 32.6 Å². The number of carboxylic acid groups (broad SMARTS) is 1. The van der Waals surface area contributed by atoms with Crippen molar-refractivity contribution in [2.45, 2.75) is 38.1 Å². The molecule has 1 atom stereocenters. The number of hydrogen-bond acceptors (Lipinski definition) is 4. The van der Waals surface area contributed by atoms with Gasteiger partial charge in [0.25, 0.3) is 0 Å². The SMILES string of the molecule is COCCOCCCNC(=O)N1CCCCC1(C)C(=O)O. The average Bonchev–Trinajstić information content (AvgIpc) is 2.46. The molecular formula is C14H26N2O5. The number of carbonyl (C=O) groups excluding carboxylic acids is 1. The molecule has 1 saturated heterocycles. The number of hydrogen-bond donors (Lipinski definition) is 2. The monoisotopic (exact) mass is 302 g/mol. The highest BCUT2D eigenvalue weighted by Crippen LogP contribution is 2.28. The lowest BCUT2D eigenvalue weighted by molar-refractivity contribution is -0.150. The van der Waals surface area contributed by atoms with Crippen LogP contribution in [0, 0.1) is 0 Å². The highest BCUT2D eigenvalue weighted by Gasteiger charge is 2.43. The number of nitrogens with one attached hydrogen (secondary N) is 1. The summed E-state index contributed by atoms with van der Waals surface area (Å²) in [6, 6.07) is -0.309. The molecule has 0 saturated carbocycles. The number of rotatable bonds is 8. The van der Waals surface area contributed by atoms with E-state index in [4.69, 9.17) is 9.47 Å². The Morgan fingerprint density at radius 1 is 1.29 bits per heavy atom. The minimum Gasteiger partial charge on any atom is -0.480 e. The Morgan fingerprint density at radius 3 is 2.71 bits per heavy atom. The lowest BCUT2D eigenvalue weighted by atomic mass is 9.89. The molecule has 0 radical (unpaired) electrons. The topological polar surface area (TPSA) is 88.1 Å². The predicted molar refractivity (Wildman–Crippen MR) is 77.3 cm³/mol. The smallest absolute Gasteiger partial charge is 0.329 e. The summed E-state index contributed by atoms with van der Waals surface area (Å²) in [5.74, 6) is -0.944. The van der Waals surface area contributed by atoms with Crippen molar-refractivity contribution < 1.29 is 24.2 Å². The van der Waals surface area contributed by atoms with Gasteiger partial charge in [0.05, 0.1) is 13.2 Å². The van der Waals surface area contributed by atoms with E-state index in [1.54, 1.807) is 14.0 Å². The number of ether oxygens (including phenoxy) is 2. The molecule has 0 bridgehead atoms. The van der Waals surface area contributed by atoms with E-state index in [-0.39, 0.29) is 6.03 Å². The first-order chi connectivity index (χ1) is 10.0. The molecule has 0 aliphatic carbocycles. The zero-order chi connectivity index (χ0) is 15.7. The van der Waals surface area contributed by atoms with Crippen molar-refractivity contribution in [1.82, 2.24) is 10.2 Å². The van der Waals surface area contributed by atoms with E-state index in [0.29, 0.717) is 45.8 Å². The van der Waals surface area contributed by atoms with Crippen molar-refractivity contribution >= 4 is 12.0 Å². The third kappa shape index (κ3) is 5.17. The summed E-state index contributed by atoms with van der Waals surface area (Å²) in [6.45, 7) is 4.20. The molecule has 1 fully saturated rings. The third-order valence-corrected chi connectivity index (χ3v) is 3.77. The van der Waals surface area contributed by atoms with Gasteiger partial charge in [-0.15, -0.1) is 0 Å². The Bertz CT molecular complexity index is 350. The minimum absolute atomic E-state index is 0.309. The maximum atomic E-state index is 12.1. The van der Waals surface area contributed by atoms with Gasteiger partial charge in [0.1, 0.15) is 5.54 Å². The number of carboxylic acids is 1. The Morgan fingerprint density at radius 2 is 2.05 bits per heavy atom. The minimum atomic E-state index is -1.10. The van der Waals surface area contributed by atoms with Crippen LogP contribution in [-0.4, -0.2) is 67.6 Å². The highest BCUT2D eigenvalue weighted by atomic mass is 16.5. The number of methoxy groups -OCH3 is 1. The first kappa shape index (κ1) is 17.7. The maximum absolute atomic E-state index is 12.1. The molecular weight excluding hydrogens is 276 g/mol. The zero-order valence-corrected chi connectivity index (χ0v) is 12.9. The van der Waals surface area contributed by atoms with Gasteiger partial charge in [-0.25, -0.2) is 9.59 Å². The molecule has 1 aliphatic heterocycles. The molecule has 7 heteroatoms. The second kappa shape index (κ2) is 8.84. The van der Waals surface area contributed by atoms with Crippen LogP contribution in [0.4, 0.5) is 4.79 Å². The molecule has 0 aromatic heterocycles. The fourth-order valence-electron chi connectivity index (χ4n) is 2.38. The normalized spacial score (nSPS) is 22.1. The van der Waals surface area contributed by atoms with Crippen molar-refractivity contribution in [2.75, 3.05) is 40.0 Å². The molecule has 2 N–H and O–H groups in total. The van der Waals surface area contributed by atoms with Crippen LogP contribution in [0.15, 0.2) is 0 Å². The zero-order valence-electron chi connectivity index (χ0n) is 12.9. The predicted octanol–water partition coefficient (Wildman–Crippen LogP) is 1.08. The molecule has 1 aliphatic rings. The quantitative estimate of drug-likeness (QED) is 0.655. The molecule has 1 rings (SSSR count).